The fourth-order valence-corrected chi connectivity index (χ4v) is 2.55. The minimum atomic E-state index is -0.775. The summed E-state index contributed by atoms with van der Waals surface area (Å²) in [4.78, 5) is 16.1. The van der Waals surface area contributed by atoms with Gasteiger partial charge in [-0.1, -0.05) is 0 Å². The summed E-state index contributed by atoms with van der Waals surface area (Å²) in [6, 6.07) is 2.72. The quantitative estimate of drug-likeness (QED) is 0.934. The zero-order chi connectivity index (χ0) is 13.4. The first-order chi connectivity index (χ1) is 9.11. The number of aromatic nitrogens is 1. The molecule has 0 atom stereocenters. The number of hydrogen-bond acceptors (Lipinski definition) is 3. The number of thiazole rings is 1. The number of hydrogen-bond donors (Lipinski definition) is 1. The van der Waals surface area contributed by atoms with E-state index in [1.54, 1.807) is 0 Å². The van der Waals surface area contributed by atoms with Crippen molar-refractivity contribution >= 4 is 22.4 Å². The van der Waals surface area contributed by atoms with Gasteiger partial charge in [-0.25, -0.2) is 13.8 Å². The van der Waals surface area contributed by atoms with Crippen molar-refractivity contribution < 1.29 is 13.6 Å². The number of benzene rings is 1. The predicted octanol–water partition coefficient (Wildman–Crippen LogP) is 3.55. The molecule has 1 aromatic carbocycles. The summed E-state index contributed by atoms with van der Waals surface area (Å²) in [6.45, 7) is 0. The highest BCUT2D eigenvalue weighted by atomic mass is 32.1. The molecule has 1 fully saturated rings. The van der Waals surface area contributed by atoms with Gasteiger partial charge in [0.1, 0.15) is 11.6 Å². The van der Waals surface area contributed by atoms with E-state index in [4.69, 9.17) is 0 Å². The van der Waals surface area contributed by atoms with Crippen LogP contribution in [0.5, 0.6) is 0 Å². The molecule has 98 valence electrons. The summed E-state index contributed by atoms with van der Waals surface area (Å²) in [5.74, 6) is -1.60. The molecule has 0 unspecified atom stereocenters. The lowest BCUT2D eigenvalue weighted by Crippen LogP contribution is -2.12. The Hall–Kier alpha value is -1.82. The minimum absolute atomic E-state index is 0.0549. The maximum absolute atomic E-state index is 13.0. The zero-order valence-electron chi connectivity index (χ0n) is 9.82. The van der Waals surface area contributed by atoms with Crippen molar-refractivity contribution in [2.45, 2.75) is 18.8 Å². The first kappa shape index (κ1) is 12.2. The Morgan fingerprint density at radius 1 is 1.26 bits per heavy atom. The molecule has 1 amide bonds. The summed E-state index contributed by atoms with van der Waals surface area (Å²) < 4.78 is 26.0. The minimum Gasteiger partial charge on any atom is -0.298 e. The fourth-order valence-electron chi connectivity index (χ4n) is 1.76. The van der Waals surface area contributed by atoms with Crippen molar-refractivity contribution in [3.8, 4) is 0 Å². The first-order valence-corrected chi connectivity index (χ1v) is 6.72. The molecule has 1 heterocycles. The Morgan fingerprint density at radius 2 is 1.95 bits per heavy atom. The fraction of sp³-hybridized carbons (Fsp3) is 0.231. The van der Waals surface area contributed by atoms with Crippen molar-refractivity contribution in [2.24, 2.45) is 0 Å². The molecule has 0 spiro atoms. The molecule has 3 nitrogen and oxygen atoms in total. The third kappa shape index (κ3) is 2.78. The van der Waals surface area contributed by atoms with Crippen molar-refractivity contribution in [1.29, 1.82) is 0 Å². The molecular weight excluding hydrogens is 270 g/mol. The number of carbonyl (C=O) groups is 1. The van der Waals surface area contributed by atoms with Gasteiger partial charge in [0.25, 0.3) is 5.91 Å². The van der Waals surface area contributed by atoms with E-state index in [9.17, 15) is 13.6 Å². The van der Waals surface area contributed by atoms with Crippen LogP contribution in [-0.4, -0.2) is 10.9 Å². The summed E-state index contributed by atoms with van der Waals surface area (Å²) >= 11 is 1.32. The second kappa shape index (κ2) is 4.70. The lowest BCUT2D eigenvalue weighted by atomic mass is 10.2. The Kier molecular flexibility index (Phi) is 3.02. The Morgan fingerprint density at radius 3 is 2.58 bits per heavy atom. The number of nitrogens with one attached hydrogen (secondary N) is 1. The van der Waals surface area contributed by atoms with Crippen LogP contribution in [0.1, 0.15) is 34.8 Å². The van der Waals surface area contributed by atoms with Gasteiger partial charge in [-0.2, -0.15) is 0 Å². The SMILES string of the molecule is O=C(Nc1nc(C2CC2)cs1)c1cc(F)cc(F)c1. The smallest absolute Gasteiger partial charge is 0.257 e. The summed E-state index contributed by atoms with van der Waals surface area (Å²) in [5, 5.41) is 4.91. The van der Waals surface area contributed by atoms with Gasteiger partial charge in [0.2, 0.25) is 0 Å². The van der Waals surface area contributed by atoms with Crippen molar-refractivity contribution in [2.75, 3.05) is 5.32 Å². The van der Waals surface area contributed by atoms with Crippen LogP contribution >= 0.6 is 11.3 Å². The topological polar surface area (TPSA) is 42.0 Å². The molecule has 1 aromatic heterocycles. The van der Waals surface area contributed by atoms with Gasteiger partial charge >= 0.3 is 0 Å². The lowest BCUT2D eigenvalue weighted by molar-refractivity contribution is 0.102. The molecular formula is C13H10F2N2OS. The standard InChI is InChI=1S/C13H10F2N2OS/c14-9-3-8(4-10(15)5-9)12(18)17-13-16-11(6-19-13)7-1-2-7/h3-7H,1-2H2,(H,16,17,18). The van der Waals surface area contributed by atoms with E-state index in [0.29, 0.717) is 11.0 Å². The highest BCUT2D eigenvalue weighted by Gasteiger charge is 2.26. The molecule has 6 heteroatoms. The number of anilines is 1. The van der Waals surface area contributed by atoms with E-state index in [0.717, 1.165) is 36.7 Å². The molecule has 1 aliphatic carbocycles. The normalized spacial score (nSPS) is 14.4. The summed E-state index contributed by atoms with van der Waals surface area (Å²) in [5.41, 5.74) is 0.923. The third-order valence-electron chi connectivity index (χ3n) is 2.86. The van der Waals surface area contributed by atoms with E-state index in [1.807, 2.05) is 5.38 Å². The lowest BCUT2D eigenvalue weighted by Gasteiger charge is -2.02. The highest BCUT2D eigenvalue weighted by molar-refractivity contribution is 7.14. The number of amides is 1. The van der Waals surface area contributed by atoms with Crippen LogP contribution < -0.4 is 5.32 Å². The molecule has 2 aromatic rings. The molecule has 1 aliphatic rings. The largest absolute Gasteiger partial charge is 0.298 e. The number of carbonyl (C=O) groups excluding carboxylic acids is 1. The van der Waals surface area contributed by atoms with Crippen molar-refractivity contribution in [3.05, 3.63) is 46.5 Å². The van der Waals surface area contributed by atoms with Gasteiger partial charge in [-0.3, -0.25) is 10.1 Å². The predicted molar refractivity (Wildman–Crippen MR) is 68.4 cm³/mol. The van der Waals surface area contributed by atoms with E-state index >= 15 is 0 Å². The van der Waals surface area contributed by atoms with Crippen LogP contribution in [0.3, 0.4) is 0 Å². The first-order valence-electron chi connectivity index (χ1n) is 5.85. The molecule has 0 aliphatic heterocycles. The summed E-state index contributed by atoms with van der Waals surface area (Å²) in [7, 11) is 0. The van der Waals surface area contributed by atoms with Crippen LogP contribution in [0.15, 0.2) is 23.6 Å². The monoisotopic (exact) mass is 280 g/mol. The zero-order valence-corrected chi connectivity index (χ0v) is 10.6. The average Bonchev–Trinajstić information content (AvgIpc) is 3.09. The Labute approximate surface area is 112 Å². The molecule has 0 radical (unpaired) electrons. The molecule has 1 saturated carbocycles. The highest BCUT2D eigenvalue weighted by Crippen LogP contribution is 2.40. The molecule has 3 rings (SSSR count). The maximum Gasteiger partial charge on any atom is 0.257 e. The average molecular weight is 280 g/mol. The number of rotatable bonds is 3. The van der Waals surface area contributed by atoms with Crippen LogP contribution in [0.2, 0.25) is 0 Å². The van der Waals surface area contributed by atoms with Gasteiger partial charge in [0.05, 0.1) is 5.69 Å². The third-order valence-corrected chi connectivity index (χ3v) is 3.64. The molecule has 19 heavy (non-hydrogen) atoms. The second-order valence-corrected chi connectivity index (χ2v) is 5.32. The van der Waals surface area contributed by atoms with Gasteiger partial charge < -0.3 is 0 Å². The maximum atomic E-state index is 13.0. The molecule has 1 N–H and O–H groups in total. The van der Waals surface area contributed by atoms with Crippen LogP contribution in [0.25, 0.3) is 0 Å². The van der Waals surface area contributed by atoms with E-state index in [1.165, 1.54) is 11.3 Å². The van der Waals surface area contributed by atoms with Gasteiger partial charge in [0, 0.05) is 22.9 Å². The van der Waals surface area contributed by atoms with Gasteiger partial charge in [-0.05, 0) is 25.0 Å². The van der Waals surface area contributed by atoms with Crippen molar-refractivity contribution in [1.82, 2.24) is 4.98 Å². The Bertz CT molecular complexity index is 617. The number of nitrogens with zero attached hydrogens (tertiary/aromatic N) is 1. The van der Waals surface area contributed by atoms with E-state index < -0.39 is 17.5 Å². The second-order valence-electron chi connectivity index (χ2n) is 4.46. The van der Waals surface area contributed by atoms with Crippen LogP contribution in [0, 0.1) is 11.6 Å². The summed E-state index contributed by atoms with van der Waals surface area (Å²) in [6.07, 6.45) is 2.26. The van der Waals surface area contributed by atoms with Crippen LogP contribution in [0.4, 0.5) is 13.9 Å². The number of halogens is 2. The van der Waals surface area contributed by atoms with Crippen LogP contribution in [-0.2, 0) is 0 Å². The van der Waals surface area contributed by atoms with E-state index in [-0.39, 0.29) is 5.56 Å². The van der Waals surface area contributed by atoms with Gasteiger partial charge in [-0.15, -0.1) is 11.3 Å². The van der Waals surface area contributed by atoms with Crippen molar-refractivity contribution in [3.63, 3.8) is 0 Å². The van der Waals surface area contributed by atoms with E-state index in [2.05, 4.69) is 10.3 Å². The molecule has 0 saturated heterocycles. The molecule has 0 bridgehead atoms. The Balaban J connectivity index is 1.75. The van der Waals surface area contributed by atoms with Gasteiger partial charge in [0.15, 0.2) is 5.13 Å².